The Bertz CT molecular complexity index is 434. The Balaban J connectivity index is 2.37. The van der Waals surface area contributed by atoms with Gasteiger partial charge in [-0.1, -0.05) is 37.3 Å². The average Bonchev–Trinajstić information content (AvgIpc) is 2.45. The van der Waals surface area contributed by atoms with Crippen LogP contribution in [-0.4, -0.2) is 43.9 Å². The Kier molecular flexibility index (Phi) is 6.73. The van der Waals surface area contributed by atoms with Crippen LogP contribution >= 0.6 is 0 Å². The third kappa shape index (κ3) is 5.40. The molecule has 0 saturated heterocycles. The van der Waals surface area contributed by atoms with Gasteiger partial charge in [-0.25, -0.2) is 0 Å². The van der Waals surface area contributed by atoms with Crippen molar-refractivity contribution in [3.05, 3.63) is 35.9 Å². The second-order valence-electron chi connectivity index (χ2n) is 4.91. The summed E-state index contributed by atoms with van der Waals surface area (Å²) in [5.74, 6) is -0.355. The zero-order chi connectivity index (χ0) is 15.0. The molecule has 0 aliphatic carbocycles. The molecule has 0 saturated carbocycles. The van der Waals surface area contributed by atoms with Crippen molar-refractivity contribution in [3.63, 3.8) is 0 Å². The number of amides is 2. The molecule has 20 heavy (non-hydrogen) atoms. The highest BCUT2D eigenvalue weighted by Crippen LogP contribution is 2.02. The number of likely N-dealkylation sites (N-methyl/N-ethyl adjacent to an activating group) is 1. The topological polar surface area (TPSA) is 61.4 Å². The van der Waals surface area contributed by atoms with E-state index in [0.717, 1.165) is 5.56 Å². The van der Waals surface area contributed by atoms with Gasteiger partial charge in [0.1, 0.15) is 0 Å². The van der Waals surface area contributed by atoms with Crippen LogP contribution in [0.5, 0.6) is 0 Å². The van der Waals surface area contributed by atoms with Crippen LogP contribution in [0.2, 0.25) is 0 Å². The van der Waals surface area contributed by atoms with Crippen LogP contribution in [0.15, 0.2) is 30.3 Å². The summed E-state index contributed by atoms with van der Waals surface area (Å²) in [6, 6.07) is 9.76. The lowest BCUT2D eigenvalue weighted by molar-refractivity contribution is -0.133. The van der Waals surface area contributed by atoms with Gasteiger partial charge >= 0.3 is 0 Å². The number of hydrogen-bond donors (Lipinski definition) is 2. The van der Waals surface area contributed by atoms with Crippen LogP contribution in [0, 0.1) is 5.92 Å². The highest BCUT2D eigenvalue weighted by molar-refractivity contribution is 5.85. The second-order valence-corrected chi connectivity index (χ2v) is 4.91. The van der Waals surface area contributed by atoms with Crippen LogP contribution in [0.3, 0.4) is 0 Å². The maximum atomic E-state index is 11.9. The predicted molar refractivity (Wildman–Crippen MR) is 79.0 cm³/mol. The molecule has 1 unspecified atom stereocenters. The predicted octanol–water partition coefficient (Wildman–Crippen LogP) is 0.617. The zero-order valence-corrected chi connectivity index (χ0v) is 12.3. The van der Waals surface area contributed by atoms with Crippen molar-refractivity contribution in [2.24, 2.45) is 5.92 Å². The Morgan fingerprint density at radius 1 is 1.25 bits per heavy atom. The van der Waals surface area contributed by atoms with E-state index in [2.05, 4.69) is 10.6 Å². The molecule has 1 aromatic rings. The molecule has 1 aromatic carbocycles. The van der Waals surface area contributed by atoms with Gasteiger partial charge in [-0.15, -0.1) is 0 Å². The molecule has 0 spiro atoms. The first kappa shape index (κ1) is 16.2. The lowest BCUT2D eigenvalue weighted by Gasteiger charge is -2.18. The average molecular weight is 277 g/mol. The first-order valence-electron chi connectivity index (χ1n) is 6.74. The van der Waals surface area contributed by atoms with Gasteiger partial charge in [0.15, 0.2) is 0 Å². The number of rotatable bonds is 7. The summed E-state index contributed by atoms with van der Waals surface area (Å²) in [6.45, 7) is 3.00. The summed E-state index contributed by atoms with van der Waals surface area (Å²) < 4.78 is 0. The van der Waals surface area contributed by atoms with Crippen LogP contribution in [0.4, 0.5) is 0 Å². The minimum atomic E-state index is -0.146. The smallest absolute Gasteiger partial charge is 0.242 e. The van der Waals surface area contributed by atoms with Crippen molar-refractivity contribution in [1.29, 1.82) is 0 Å². The van der Waals surface area contributed by atoms with E-state index >= 15 is 0 Å². The van der Waals surface area contributed by atoms with Gasteiger partial charge in [-0.3, -0.25) is 9.59 Å². The molecule has 0 fully saturated rings. The number of carbonyl (C=O) groups is 2. The number of carbonyl (C=O) groups excluding carboxylic acids is 2. The number of benzene rings is 1. The van der Waals surface area contributed by atoms with E-state index in [1.54, 1.807) is 19.0 Å². The molecule has 2 amide bonds. The highest BCUT2D eigenvalue weighted by atomic mass is 16.2. The highest BCUT2D eigenvalue weighted by Gasteiger charge is 2.14. The lowest BCUT2D eigenvalue weighted by Crippen LogP contribution is -2.41. The van der Waals surface area contributed by atoms with E-state index in [4.69, 9.17) is 0 Å². The van der Waals surface area contributed by atoms with Crippen LogP contribution in [0.1, 0.15) is 12.5 Å². The maximum absolute atomic E-state index is 11.9. The molecule has 0 radical (unpaired) electrons. The Morgan fingerprint density at radius 3 is 2.50 bits per heavy atom. The van der Waals surface area contributed by atoms with Crippen LogP contribution < -0.4 is 10.6 Å². The first-order chi connectivity index (χ1) is 9.54. The van der Waals surface area contributed by atoms with Crippen molar-refractivity contribution in [1.82, 2.24) is 15.5 Å². The van der Waals surface area contributed by atoms with Crippen LogP contribution in [-0.2, 0) is 16.1 Å². The number of hydrogen-bond acceptors (Lipinski definition) is 3. The quantitative estimate of drug-likeness (QED) is 0.768. The van der Waals surface area contributed by atoms with Crippen molar-refractivity contribution in [2.45, 2.75) is 13.5 Å². The van der Waals surface area contributed by atoms with E-state index in [1.165, 1.54) is 0 Å². The Hall–Kier alpha value is -1.88. The van der Waals surface area contributed by atoms with E-state index in [0.29, 0.717) is 13.1 Å². The fourth-order valence-corrected chi connectivity index (χ4v) is 1.82. The molecule has 0 aliphatic heterocycles. The summed E-state index contributed by atoms with van der Waals surface area (Å²) in [6.07, 6.45) is 0. The normalized spacial score (nSPS) is 11.8. The lowest BCUT2D eigenvalue weighted by atomic mass is 10.1. The maximum Gasteiger partial charge on any atom is 0.242 e. The fraction of sp³-hybridized carbons (Fsp3) is 0.467. The van der Waals surface area contributed by atoms with Gasteiger partial charge in [0.25, 0.3) is 0 Å². The van der Waals surface area contributed by atoms with Crippen molar-refractivity contribution < 1.29 is 9.59 Å². The third-order valence-corrected chi connectivity index (χ3v) is 3.06. The van der Waals surface area contributed by atoms with Crippen molar-refractivity contribution in [2.75, 3.05) is 27.2 Å². The van der Waals surface area contributed by atoms with Crippen molar-refractivity contribution >= 4 is 11.8 Å². The van der Waals surface area contributed by atoms with Gasteiger partial charge in [0.05, 0.1) is 6.54 Å². The summed E-state index contributed by atoms with van der Waals surface area (Å²) in [5.41, 5.74) is 1.07. The van der Waals surface area contributed by atoms with Gasteiger partial charge in [-0.05, 0) is 12.6 Å². The summed E-state index contributed by atoms with van der Waals surface area (Å²) >= 11 is 0. The molecular formula is C15H23N3O2. The monoisotopic (exact) mass is 277 g/mol. The summed E-state index contributed by atoms with van der Waals surface area (Å²) in [5, 5.41) is 5.60. The first-order valence-corrected chi connectivity index (χ1v) is 6.74. The number of nitrogens with one attached hydrogen (secondary N) is 2. The molecular weight excluding hydrogens is 254 g/mol. The molecule has 110 valence electrons. The molecule has 0 bridgehead atoms. The standard InChI is InChI=1S/C15H23N3O2/c1-12(9-16-2)15(20)17-10-14(19)18(3)11-13-7-5-4-6-8-13/h4-8,12,16H,9-11H2,1-3H3,(H,17,20). The molecule has 0 aromatic heterocycles. The molecule has 1 atom stereocenters. The van der Waals surface area contributed by atoms with Crippen molar-refractivity contribution in [3.8, 4) is 0 Å². The molecule has 5 nitrogen and oxygen atoms in total. The molecule has 5 heteroatoms. The van der Waals surface area contributed by atoms with E-state index in [1.807, 2.05) is 37.3 Å². The van der Waals surface area contributed by atoms with E-state index in [-0.39, 0.29) is 24.3 Å². The fourth-order valence-electron chi connectivity index (χ4n) is 1.82. The molecule has 2 N–H and O–H groups in total. The summed E-state index contributed by atoms with van der Waals surface area (Å²) in [4.78, 5) is 25.2. The van der Waals surface area contributed by atoms with Gasteiger partial charge < -0.3 is 15.5 Å². The minimum absolute atomic E-state index is 0.0379. The van der Waals surface area contributed by atoms with Gasteiger partial charge in [0, 0.05) is 26.1 Å². The van der Waals surface area contributed by atoms with Crippen LogP contribution in [0.25, 0.3) is 0 Å². The largest absolute Gasteiger partial charge is 0.347 e. The molecule has 0 aliphatic rings. The number of nitrogens with zero attached hydrogens (tertiary/aromatic N) is 1. The molecule has 0 heterocycles. The minimum Gasteiger partial charge on any atom is -0.347 e. The van der Waals surface area contributed by atoms with Gasteiger partial charge in [0.2, 0.25) is 11.8 Å². The SMILES string of the molecule is CNCC(C)C(=O)NCC(=O)N(C)Cc1ccccc1. The van der Waals surface area contributed by atoms with E-state index in [9.17, 15) is 9.59 Å². The van der Waals surface area contributed by atoms with Gasteiger partial charge in [-0.2, -0.15) is 0 Å². The summed E-state index contributed by atoms with van der Waals surface area (Å²) in [7, 11) is 3.53. The van der Waals surface area contributed by atoms with E-state index < -0.39 is 0 Å². The Labute approximate surface area is 120 Å². The second kappa shape index (κ2) is 8.32. The third-order valence-electron chi connectivity index (χ3n) is 3.06. The Morgan fingerprint density at radius 2 is 1.90 bits per heavy atom. The zero-order valence-electron chi connectivity index (χ0n) is 12.3. The molecule has 1 rings (SSSR count).